The minimum absolute atomic E-state index is 0.584. The van der Waals surface area contributed by atoms with Gasteiger partial charge >= 0.3 is 0 Å². The van der Waals surface area contributed by atoms with Crippen molar-refractivity contribution in [2.45, 2.75) is 6.54 Å². The summed E-state index contributed by atoms with van der Waals surface area (Å²) in [6.45, 7) is 0.666. The van der Waals surface area contributed by atoms with E-state index in [-0.39, 0.29) is 0 Å². The minimum Gasteiger partial charge on any atom is -0.378 e. The number of aromatic amines is 1. The number of benzene rings is 1. The van der Waals surface area contributed by atoms with Crippen molar-refractivity contribution in [3.05, 3.63) is 42.5 Å². The van der Waals surface area contributed by atoms with E-state index in [2.05, 4.69) is 30.9 Å². The number of hydrogen-bond acceptors (Lipinski definition) is 5. The van der Waals surface area contributed by atoms with E-state index < -0.39 is 0 Å². The Balaban J connectivity index is 1.75. The van der Waals surface area contributed by atoms with Crippen LogP contribution in [0.15, 0.2) is 36.7 Å². The smallest absolute Gasteiger partial charge is 0.204 e. The molecule has 7 heteroatoms. The van der Waals surface area contributed by atoms with Crippen LogP contribution in [0.2, 0.25) is 0 Å². The zero-order chi connectivity index (χ0) is 13.1. The molecule has 0 radical (unpaired) electrons. The number of anilines is 1. The number of imidazole rings is 1. The molecule has 2 heterocycles. The number of rotatable bonds is 4. The molecule has 0 saturated heterocycles. The molecule has 0 bridgehead atoms. The maximum atomic E-state index is 4.26. The molecule has 1 aromatic carbocycles. The molecule has 3 aromatic rings. The van der Waals surface area contributed by atoms with Gasteiger partial charge in [-0.2, -0.15) is 5.21 Å². The summed E-state index contributed by atoms with van der Waals surface area (Å²) in [4.78, 5) is 4.26. The van der Waals surface area contributed by atoms with Gasteiger partial charge in [-0.15, -0.1) is 10.2 Å². The molecule has 0 aliphatic carbocycles. The molecule has 0 amide bonds. The molecule has 0 fully saturated rings. The van der Waals surface area contributed by atoms with E-state index in [1.54, 1.807) is 6.20 Å². The van der Waals surface area contributed by atoms with Crippen LogP contribution in [0.4, 0.5) is 5.69 Å². The highest BCUT2D eigenvalue weighted by Crippen LogP contribution is 2.18. The number of nitrogens with zero attached hydrogens (tertiary/aromatic N) is 5. The molecule has 7 nitrogen and oxygen atoms in total. The summed E-state index contributed by atoms with van der Waals surface area (Å²) in [7, 11) is 1.97. The van der Waals surface area contributed by atoms with Crippen molar-refractivity contribution >= 4 is 5.69 Å². The Morgan fingerprint density at radius 2 is 2.32 bits per heavy atom. The summed E-state index contributed by atoms with van der Waals surface area (Å²) < 4.78 is 1.98. The Morgan fingerprint density at radius 3 is 3.05 bits per heavy atom. The van der Waals surface area contributed by atoms with E-state index in [0.717, 1.165) is 17.1 Å². The molecule has 0 unspecified atom stereocenters. The van der Waals surface area contributed by atoms with E-state index in [0.29, 0.717) is 12.4 Å². The van der Waals surface area contributed by atoms with Crippen LogP contribution in [0.1, 0.15) is 5.82 Å². The molecule has 2 N–H and O–H groups in total. The minimum atomic E-state index is 0.584. The normalized spacial score (nSPS) is 10.6. The number of nitrogens with one attached hydrogen (secondary N) is 2. The van der Waals surface area contributed by atoms with Gasteiger partial charge in [0.2, 0.25) is 5.82 Å². The second-order valence-electron chi connectivity index (χ2n) is 4.12. The Kier molecular flexibility index (Phi) is 2.93. The fourth-order valence-corrected chi connectivity index (χ4v) is 1.80. The van der Waals surface area contributed by atoms with Gasteiger partial charge in [-0.05, 0) is 17.3 Å². The summed E-state index contributed by atoms with van der Waals surface area (Å²) >= 11 is 0. The maximum Gasteiger partial charge on any atom is 0.204 e. The van der Waals surface area contributed by atoms with Gasteiger partial charge in [0.15, 0.2) is 0 Å². The third-order valence-corrected chi connectivity index (χ3v) is 2.84. The van der Waals surface area contributed by atoms with E-state index in [9.17, 15) is 0 Å². The summed E-state index contributed by atoms with van der Waals surface area (Å²) in [5.74, 6) is 1.56. The van der Waals surface area contributed by atoms with Crippen LogP contribution in [0.5, 0.6) is 0 Å². The zero-order valence-electron chi connectivity index (χ0n) is 10.4. The van der Waals surface area contributed by atoms with Gasteiger partial charge < -0.3 is 9.88 Å². The summed E-state index contributed by atoms with van der Waals surface area (Å²) in [5.41, 5.74) is 1.91. The lowest BCUT2D eigenvalue weighted by Crippen LogP contribution is -2.05. The van der Waals surface area contributed by atoms with Gasteiger partial charge in [0.25, 0.3) is 0 Å². The number of hydrogen-bond donors (Lipinski definition) is 2. The van der Waals surface area contributed by atoms with Gasteiger partial charge in [-0.25, -0.2) is 4.98 Å². The van der Waals surface area contributed by atoms with Crippen molar-refractivity contribution in [1.82, 2.24) is 30.2 Å². The first-order valence-corrected chi connectivity index (χ1v) is 5.87. The van der Waals surface area contributed by atoms with Crippen molar-refractivity contribution in [3.8, 4) is 11.4 Å². The highest BCUT2D eigenvalue weighted by molar-refractivity contribution is 5.61. The second-order valence-corrected chi connectivity index (χ2v) is 4.12. The molecule has 96 valence electrons. The molecule has 2 aromatic heterocycles. The third-order valence-electron chi connectivity index (χ3n) is 2.84. The number of aryl methyl sites for hydroxylation is 1. The quantitative estimate of drug-likeness (QED) is 0.732. The van der Waals surface area contributed by atoms with E-state index in [1.807, 2.05) is 42.1 Å². The van der Waals surface area contributed by atoms with Crippen molar-refractivity contribution in [3.63, 3.8) is 0 Å². The summed E-state index contributed by atoms with van der Waals surface area (Å²) in [6, 6.07) is 7.86. The second kappa shape index (κ2) is 4.89. The van der Waals surface area contributed by atoms with Crippen LogP contribution >= 0.6 is 0 Å². The molecular formula is C12H13N7. The fourth-order valence-electron chi connectivity index (χ4n) is 1.80. The lowest BCUT2D eigenvalue weighted by Gasteiger charge is -2.07. The summed E-state index contributed by atoms with van der Waals surface area (Å²) in [5, 5.41) is 17.2. The first kappa shape index (κ1) is 11.4. The van der Waals surface area contributed by atoms with Crippen LogP contribution in [-0.4, -0.2) is 30.2 Å². The lowest BCUT2D eigenvalue weighted by atomic mass is 10.2. The lowest BCUT2D eigenvalue weighted by molar-refractivity contribution is 0.813. The van der Waals surface area contributed by atoms with Crippen LogP contribution in [0, 0.1) is 0 Å². The molecule has 19 heavy (non-hydrogen) atoms. The van der Waals surface area contributed by atoms with Crippen LogP contribution in [0.25, 0.3) is 11.4 Å². The van der Waals surface area contributed by atoms with Crippen molar-refractivity contribution in [2.75, 3.05) is 5.32 Å². The molecular weight excluding hydrogens is 242 g/mol. The van der Waals surface area contributed by atoms with Gasteiger partial charge in [-0.1, -0.05) is 12.1 Å². The molecule has 3 rings (SSSR count). The Morgan fingerprint density at radius 1 is 1.37 bits per heavy atom. The van der Waals surface area contributed by atoms with Gasteiger partial charge in [-0.3, -0.25) is 0 Å². The van der Waals surface area contributed by atoms with E-state index in [4.69, 9.17) is 0 Å². The SMILES string of the molecule is Cn1ccnc1CNc1cccc(-c2nn[nH]n2)c1. The van der Waals surface area contributed by atoms with Gasteiger partial charge in [0, 0.05) is 30.7 Å². The van der Waals surface area contributed by atoms with Crippen LogP contribution < -0.4 is 5.32 Å². The number of aromatic nitrogens is 6. The molecule has 0 atom stereocenters. The standard InChI is InChI=1S/C12H13N7/c1-19-6-5-13-11(19)8-14-10-4-2-3-9(7-10)12-15-17-18-16-12/h2-7,14H,8H2,1H3,(H,15,16,17,18). The predicted octanol–water partition coefficient (Wildman–Crippen LogP) is 1.21. The summed E-state index contributed by atoms with van der Waals surface area (Å²) in [6.07, 6.45) is 3.71. The average Bonchev–Trinajstić information content (AvgIpc) is 3.08. The monoisotopic (exact) mass is 255 g/mol. The highest BCUT2D eigenvalue weighted by Gasteiger charge is 2.04. The fraction of sp³-hybridized carbons (Fsp3) is 0.167. The third kappa shape index (κ3) is 2.44. The molecule has 0 spiro atoms. The molecule has 0 saturated carbocycles. The Labute approximate surface area is 109 Å². The Bertz CT molecular complexity index is 656. The van der Waals surface area contributed by atoms with E-state index in [1.165, 1.54) is 0 Å². The van der Waals surface area contributed by atoms with Crippen molar-refractivity contribution in [1.29, 1.82) is 0 Å². The van der Waals surface area contributed by atoms with Gasteiger partial charge in [0.1, 0.15) is 5.82 Å². The predicted molar refractivity (Wildman–Crippen MR) is 70.1 cm³/mol. The topological polar surface area (TPSA) is 84.3 Å². The molecule has 0 aliphatic heterocycles. The average molecular weight is 255 g/mol. The largest absolute Gasteiger partial charge is 0.378 e. The first-order chi connectivity index (χ1) is 9.33. The van der Waals surface area contributed by atoms with E-state index >= 15 is 0 Å². The maximum absolute atomic E-state index is 4.26. The zero-order valence-corrected chi connectivity index (χ0v) is 10.4. The number of tetrazole rings is 1. The highest BCUT2D eigenvalue weighted by atomic mass is 15.5. The van der Waals surface area contributed by atoms with Crippen molar-refractivity contribution in [2.24, 2.45) is 7.05 Å². The van der Waals surface area contributed by atoms with Crippen LogP contribution in [-0.2, 0) is 13.6 Å². The van der Waals surface area contributed by atoms with Gasteiger partial charge in [0.05, 0.1) is 6.54 Å². The first-order valence-electron chi connectivity index (χ1n) is 5.87. The van der Waals surface area contributed by atoms with Crippen LogP contribution in [0.3, 0.4) is 0 Å². The van der Waals surface area contributed by atoms with Crippen molar-refractivity contribution < 1.29 is 0 Å². The number of H-pyrrole nitrogens is 1. The molecule has 0 aliphatic rings. The Hall–Kier alpha value is -2.70.